The van der Waals surface area contributed by atoms with Crippen LogP contribution in [0.15, 0.2) is 11.1 Å². The van der Waals surface area contributed by atoms with Crippen LogP contribution < -0.4 is 0 Å². The molecule has 0 N–H and O–H groups in total. The summed E-state index contributed by atoms with van der Waals surface area (Å²) in [6.45, 7) is 0. The standard InChI is InChI=1S/C9H10/c1-4-5(1)9-3-8(4)6-2-7(6)9/h4-5,8-9H,1-3H2. The summed E-state index contributed by atoms with van der Waals surface area (Å²) in [6, 6.07) is 0. The number of fused-ring (bicyclic) bond motifs is 7. The Morgan fingerprint density at radius 2 is 1.56 bits per heavy atom. The van der Waals surface area contributed by atoms with Crippen LogP contribution in [-0.2, 0) is 0 Å². The van der Waals surface area contributed by atoms with Crippen molar-refractivity contribution in [2.24, 2.45) is 23.7 Å². The molecule has 0 amide bonds. The van der Waals surface area contributed by atoms with Gasteiger partial charge in [0, 0.05) is 0 Å². The number of hydrogen-bond acceptors (Lipinski definition) is 0. The molecule has 0 aromatic heterocycles. The van der Waals surface area contributed by atoms with Crippen LogP contribution in [0.3, 0.4) is 0 Å². The third kappa shape index (κ3) is 0.253. The SMILES string of the molecule is C1C2=C1C1CC2C2CC12. The van der Waals surface area contributed by atoms with Crippen LogP contribution in [0, 0.1) is 23.7 Å². The first-order valence-corrected chi connectivity index (χ1v) is 4.17. The summed E-state index contributed by atoms with van der Waals surface area (Å²) in [7, 11) is 0. The number of hydrogen-bond donors (Lipinski definition) is 0. The van der Waals surface area contributed by atoms with Gasteiger partial charge in [-0.05, 0) is 42.9 Å². The lowest BCUT2D eigenvalue weighted by Gasteiger charge is -2.07. The Morgan fingerprint density at radius 3 is 2.11 bits per heavy atom. The lowest BCUT2D eigenvalue weighted by Crippen LogP contribution is -1.97. The molecular weight excluding hydrogens is 108 g/mol. The van der Waals surface area contributed by atoms with Gasteiger partial charge in [-0.1, -0.05) is 11.1 Å². The van der Waals surface area contributed by atoms with Crippen LogP contribution in [0.25, 0.3) is 0 Å². The maximum atomic E-state index is 1.92. The van der Waals surface area contributed by atoms with E-state index < -0.39 is 0 Å². The van der Waals surface area contributed by atoms with Crippen molar-refractivity contribution < 1.29 is 0 Å². The molecule has 0 nitrogen and oxygen atoms in total. The van der Waals surface area contributed by atoms with Crippen molar-refractivity contribution in [3.63, 3.8) is 0 Å². The molecule has 0 heteroatoms. The summed E-state index contributed by atoms with van der Waals surface area (Å²) in [5.41, 5.74) is 3.83. The van der Waals surface area contributed by atoms with Gasteiger partial charge in [0.05, 0.1) is 0 Å². The molecule has 0 aromatic rings. The normalized spacial score (nSPS) is 64.0. The molecule has 4 unspecified atom stereocenters. The first-order chi connectivity index (χ1) is 4.45. The highest BCUT2D eigenvalue weighted by molar-refractivity contribution is 5.49. The maximum absolute atomic E-state index is 1.92. The lowest BCUT2D eigenvalue weighted by atomic mass is 9.98. The topological polar surface area (TPSA) is 0 Å². The number of rotatable bonds is 0. The third-order valence-electron chi connectivity index (χ3n) is 4.00. The van der Waals surface area contributed by atoms with Crippen LogP contribution in [-0.4, -0.2) is 0 Å². The zero-order valence-corrected chi connectivity index (χ0v) is 5.43. The van der Waals surface area contributed by atoms with Gasteiger partial charge >= 0.3 is 0 Å². The zero-order chi connectivity index (χ0) is 5.59. The molecule has 4 rings (SSSR count). The fourth-order valence-corrected chi connectivity index (χ4v) is 3.48. The van der Waals surface area contributed by atoms with Crippen molar-refractivity contribution in [2.75, 3.05) is 0 Å². The summed E-state index contributed by atoms with van der Waals surface area (Å²) < 4.78 is 0. The Hall–Kier alpha value is -0.260. The molecule has 0 aromatic carbocycles. The molecule has 2 fully saturated rings. The first-order valence-electron chi connectivity index (χ1n) is 4.17. The second-order valence-electron chi connectivity index (χ2n) is 4.24. The molecule has 4 aliphatic rings. The van der Waals surface area contributed by atoms with Crippen molar-refractivity contribution in [2.45, 2.75) is 19.3 Å². The monoisotopic (exact) mass is 118 g/mol. The fourth-order valence-electron chi connectivity index (χ4n) is 3.48. The zero-order valence-electron chi connectivity index (χ0n) is 5.43. The van der Waals surface area contributed by atoms with Crippen molar-refractivity contribution in [1.82, 2.24) is 0 Å². The van der Waals surface area contributed by atoms with E-state index in [2.05, 4.69) is 0 Å². The Labute approximate surface area is 54.9 Å². The lowest BCUT2D eigenvalue weighted by molar-refractivity contribution is 0.525. The molecule has 2 bridgehead atoms. The molecule has 0 aliphatic heterocycles. The van der Waals surface area contributed by atoms with Gasteiger partial charge in [0.2, 0.25) is 0 Å². The van der Waals surface area contributed by atoms with E-state index in [1.54, 1.807) is 12.8 Å². The molecule has 0 radical (unpaired) electrons. The maximum Gasteiger partial charge on any atom is -0.00969 e. The van der Waals surface area contributed by atoms with Gasteiger partial charge in [-0.25, -0.2) is 0 Å². The minimum Gasteiger partial charge on any atom is -0.0629 e. The van der Waals surface area contributed by atoms with Gasteiger partial charge in [0.15, 0.2) is 0 Å². The van der Waals surface area contributed by atoms with E-state index in [0.29, 0.717) is 0 Å². The van der Waals surface area contributed by atoms with Crippen LogP contribution in [0.4, 0.5) is 0 Å². The Kier molecular flexibility index (Phi) is 0.345. The first kappa shape index (κ1) is 3.80. The highest BCUT2D eigenvalue weighted by Gasteiger charge is 2.64. The average Bonchev–Trinajstić information content (AvgIpc) is 2.74. The quantitative estimate of drug-likeness (QED) is 0.426. The smallest absolute Gasteiger partial charge is 0.00969 e. The van der Waals surface area contributed by atoms with Gasteiger partial charge in [0.1, 0.15) is 0 Å². The van der Waals surface area contributed by atoms with Crippen LogP contribution in [0.2, 0.25) is 0 Å². The van der Waals surface area contributed by atoms with Crippen molar-refractivity contribution in [3.05, 3.63) is 11.1 Å². The molecular formula is C9H10. The van der Waals surface area contributed by atoms with E-state index >= 15 is 0 Å². The van der Waals surface area contributed by atoms with E-state index in [0.717, 1.165) is 11.8 Å². The summed E-state index contributed by atoms with van der Waals surface area (Å²) in [6.07, 6.45) is 4.66. The van der Waals surface area contributed by atoms with Crippen molar-refractivity contribution >= 4 is 0 Å². The second-order valence-corrected chi connectivity index (χ2v) is 4.24. The minimum atomic E-state index is 1.13. The average molecular weight is 118 g/mol. The predicted octanol–water partition coefficient (Wildman–Crippen LogP) is 1.97. The summed E-state index contributed by atoms with van der Waals surface area (Å²) in [5, 5.41) is 0. The number of allylic oxidation sites excluding steroid dienone is 2. The third-order valence-corrected chi connectivity index (χ3v) is 4.00. The van der Waals surface area contributed by atoms with E-state index in [1.165, 1.54) is 18.3 Å². The fraction of sp³-hybridized carbons (Fsp3) is 0.778. The highest BCUT2D eigenvalue weighted by Crippen LogP contribution is 2.74. The highest BCUT2D eigenvalue weighted by atomic mass is 14.7. The van der Waals surface area contributed by atoms with Crippen LogP contribution >= 0.6 is 0 Å². The van der Waals surface area contributed by atoms with Crippen LogP contribution in [0.5, 0.6) is 0 Å². The van der Waals surface area contributed by atoms with Crippen molar-refractivity contribution in [3.8, 4) is 0 Å². The largest absolute Gasteiger partial charge is 0.0629 e. The van der Waals surface area contributed by atoms with Gasteiger partial charge in [-0.15, -0.1) is 0 Å². The van der Waals surface area contributed by atoms with Gasteiger partial charge in [-0.3, -0.25) is 0 Å². The Morgan fingerprint density at radius 1 is 0.889 bits per heavy atom. The van der Waals surface area contributed by atoms with Gasteiger partial charge in [0.25, 0.3) is 0 Å². The molecule has 0 saturated heterocycles. The molecule has 46 valence electrons. The Bertz CT molecular complexity index is 214. The molecule has 0 spiro atoms. The van der Waals surface area contributed by atoms with E-state index in [4.69, 9.17) is 0 Å². The molecule has 9 heavy (non-hydrogen) atoms. The van der Waals surface area contributed by atoms with Gasteiger partial charge < -0.3 is 0 Å². The van der Waals surface area contributed by atoms with Crippen LogP contribution in [0.1, 0.15) is 19.3 Å². The molecule has 2 saturated carbocycles. The molecule has 0 heterocycles. The minimum absolute atomic E-state index is 1.13. The van der Waals surface area contributed by atoms with Crippen molar-refractivity contribution in [1.29, 1.82) is 0 Å². The summed E-state index contributed by atoms with van der Waals surface area (Å²) in [4.78, 5) is 0. The predicted molar refractivity (Wildman–Crippen MR) is 34.8 cm³/mol. The summed E-state index contributed by atoms with van der Waals surface area (Å²) in [5.74, 6) is 4.68. The van der Waals surface area contributed by atoms with E-state index in [1.807, 2.05) is 11.1 Å². The molecule has 4 aliphatic carbocycles. The Balaban J connectivity index is 2.00. The summed E-state index contributed by atoms with van der Waals surface area (Å²) >= 11 is 0. The van der Waals surface area contributed by atoms with E-state index in [-0.39, 0.29) is 0 Å². The van der Waals surface area contributed by atoms with Gasteiger partial charge in [-0.2, -0.15) is 0 Å². The molecule has 4 atom stereocenters. The van der Waals surface area contributed by atoms with E-state index in [9.17, 15) is 0 Å². The second kappa shape index (κ2) is 0.817.